The van der Waals surface area contributed by atoms with Crippen molar-refractivity contribution in [3.05, 3.63) is 21.4 Å². The first-order valence-electron chi connectivity index (χ1n) is 5.81. The van der Waals surface area contributed by atoms with Crippen LogP contribution in [-0.4, -0.2) is 30.3 Å². The molecule has 0 aromatic carbocycles. The Bertz CT molecular complexity index is 396. The molecule has 17 heavy (non-hydrogen) atoms. The fourth-order valence-electron chi connectivity index (χ4n) is 1.95. The molecule has 0 spiro atoms. The average Bonchev–Trinajstić information content (AvgIpc) is 2.89. The smallest absolute Gasteiger partial charge is 0.345 e. The molecular formula is C12H17NO3S. The van der Waals surface area contributed by atoms with E-state index in [1.54, 1.807) is 6.07 Å². The van der Waals surface area contributed by atoms with Gasteiger partial charge in [0.25, 0.3) is 0 Å². The number of carboxylic acid groups (broad SMARTS) is 1. The first-order valence-corrected chi connectivity index (χ1v) is 6.63. The highest BCUT2D eigenvalue weighted by Crippen LogP contribution is 2.21. The van der Waals surface area contributed by atoms with Crippen LogP contribution in [0, 0.1) is 6.92 Å². The van der Waals surface area contributed by atoms with Gasteiger partial charge in [0.2, 0.25) is 0 Å². The molecule has 1 atom stereocenters. The summed E-state index contributed by atoms with van der Waals surface area (Å²) in [7, 11) is 0. The van der Waals surface area contributed by atoms with E-state index in [0.29, 0.717) is 11.0 Å². The van der Waals surface area contributed by atoms with E-state index in [-0.39, 0.29) is 0 Å². The van der Waals surface area contributed by atoms with Crippen LogP contribution in [0.5, 0.6) is 0 Å². The minimum absolute atomic E-state index is 0.328. The molecule has 0 bridgehead atoms. The maximum Gasteiger partial charge on any atom is 0.345 e. The van der Waals surface area contributed by atoms with Gasteiger partial charge in [-0.3, -0.25) is 0 Å². The second kappa shape index (κ2) is 5.62. The van der Waals surface area contributed by atoms with Gasteiger partial charge >= 0.3 is 5.97 Å². The molecule has 1 saturated heterocycles. The number of carbonyl (C=O) groups is 1. The van der Waals surface area contributed by atoms with Gasteiger partial charge < -0.3 is 15.2 Å². The van der Waals surface area contributed by atoms with E-state index in [1.807, 2.05) is 6.92 Å². The largest absolute Gasteiger partial charge is 0.477 e. The van der Waals surface area contributed by atoms with Crippen molar-refractivity contribution in [1.29, 1.82) is 0 Å². The number of aromatic carboxylic acids is 1. The van der Waals surface area contributed by atoms with Crippen LogP contribution in [0.1, 0.15) is 33.0 Å². The zero-order valence-electron chi connectivity index (χ0n) is 9.86. The number of hydrogen-bond donors (Lipinski definition) is 2. The molecule has 94 valence electrons. The summed E-state index contributed by atoms with van der Waals surface area (Å²) in [5.74, 6) is -0.844. The zero-order valence-corrected chi connectivity index (χ0v) is 10.7. The zero-order chi connectivity index (χ0) is 12.3. The van der Waals surface area contributed by atoms with Crippen LogP contribution in [0.2, 0.25) is 0 Å². The second-order valence-corrected chi connectivity index (χ2v) is 5.42. The topological polar surface area (TPSA) is 58.6 Å². The van der Waals surface area contributed by atoms with Crippen molar-refractivity contribution in [3.63, 3.8) is 0 Å². The summed E-state index contributed by atoms with van der Waals surface area (Å²) < 4.78 is 5.51. The highest BCUT2D eigenvalue weighted by atomic mass is 32.1. The van der Waals surface area contributed by atoms with Crippen LogP contribution in [0.25, 0.3) is 0 Å². The van der Waals surface area contributed by atoms with Gasteiger partial charge in [-0.1, -0.05) is 0 Å². The lowest BCUT2D eigenvalue weighted by Gasteiger charge is -2.10. The molecule has 1 unspecified atom stereocenters. The monoisotopic (exact) mass is 255 g/mol. The van der Waals surface area contributed by atoms with Gasteiger partial charge in [-0.2, -0.15) is 0 Å². The molecule has 1 aromatic rings. The standard InChI is InChI=1S/C12H17NO3S/c1-8-5-10(12(14)15)17-11(8)7-13-6-9-3-2-4-16-9/h5,9,13H,2-4,6-7H2,1H3,(H,14,15). The Hall–Kier alpha value is -0.910. The summed E-state index contributed by atoms with van der Waals surface area (Å²) in [5.41, 5.74) is 1.05. The lowest BCUT2D eigenvalue weighted by atomic mass is 10.2. The maximum atomic E-state index is 10.8. The van der Waals surface area contributed by atoms with Crippen LogP contribution in [0.4, 0.5) is 0 Å². The van der Waals surface area contributed by atoms with Gasteiger partial charge in [-0.25, -0.2) is 4.79 Å². The Morgan fingerprint density at radius 2 is 2.53 bits per heavy atom. The quantitative estimate of drug-likeness (QED) is 0.845. The van der Waals surface area contributed by atoms with E-state index in [2.05, 4.69) is 5.32 Å². The number of ether oxygens (including phenoxy) is 1. The molecule has 0 aliphatic carbocycles. The van der Waals surface area contributed by atoms with Crippen molar-refractivity contribution in [2.75, 3.05) is 13.2 Å². The fraction of sp³-hybridized carbons (Fsp3) is 0.583. The van der Waals surface area contributed by atoms with E-state index in [9.17, 15) is 4.79 Å². The number of nitrogens with one attached hydrogen (secondary N) is 1. The molecule has 1 aliphatic heterocycles. The Morgan fingerprint density at radius 1 is 1.71 bits per heavy atom. The van der Waals surface area contributed by atoms with Gasteiger partial charge in [0.05, 0.1) is 6.10 Å². The predicted molar refractivity (Wildman–Crippen MR) is 66.7 cm³/mol. The summed E-state index contributed by atoms with van der Waals surface area (Å²) in [6, 6.07) is 1.73. The van der Waals surface area contributed by atoms with Crippen molar-refractivity contribution < 1.29 is 14.6 Å². The number of rotatable bonds is 5. The predicted octanol–water partition coefficient (Wildman–Crippen LogP) is 2.02. The van der Waals surface area contributed by atoms with E-state index < -0.39 is 5.97 Å². The summed E-state index contributed by atoms with van der Waals surface area (Å²) in [6.45, 7) is 4.39. The summed E-state index contributed by atoms with van der Waals surface area (Å²) in [4.78, 5) is 12.3. The molecule has 2 N–H and O–H groups in total. The average molecular weight is 255 g/mol. The SMILES string of the molecule is Cc1cc(C(=O)O)sc1CNCC1CCCO1. The molecule has 1 fully saturated rings. The molecular weight excluding hydrogens is 238 g/mol. The van der Waals surface area contributed by atoms with Crippen LogP contribution >= 0.6 is 11.3 Å². The molecule has 0 saturated carbocycles. The second-order valence-electron chi connectivity index (χ2n) is 4.29. The molecule has 1 aromatic heterocycles. The number of carboxylic acids is 1. The van der Waals surface area contributed by atoms with Crippen molar-refractivity contribution >= 4 is 17.3 Å². The summed E-state index contributed by atoms with van der Waals surface area (Å²) >= 11 is 1.35. The van der Waals surface area contributed by atoms with Gasteiger partial charge in [0.15, 0.2) is 0 Å². The van der Waals surface area contributed by atoms with E-state index in [0.717, 1.165) is 43.0 Å². The lowest BCUT2D eigenvalue weighted by molar-refractivity contribution is 0.0702. The molecule has 1 aliphatic rings. The van der Waals surface area contributed by atoms with Crippen molar-refractivity contribution in [2.45, 2.75) is 32.4 Å². The Labute approximate surface area is 105 Å². The summed E-state index contributed by atoms with van der Waals surface area (Å²) in [6.07, 6.45) is 2.60. The fourth-order valence-corrected chi connectivity index (χ4v) is 2.94. The van der Waals surface area contributed by atoms with Crippen LogP contribution in [0.3, 0.4) is 0 Å². The summed E-state index contributed by atoms with van der Waals surface area (Å²) in [5, 5.41) is 12.2. The van der Waals surface area contributed by atoms with Crippen LogP contribution in [-0.2, 0) is 11.3 Å². The first kappa shape index (κ1) is 12.5. The van der Waals surface area contributed by atoms with Crippen molar-refractivity contribution in [1.82, 2.24) is 5.32 Å². The lowest BCUT2D eigenvalue weighted by Crippen LogP contribution is -2.25. The van der Waals surface area contributed by atoms with Crippen LogP contribution < -0.4 is 5.32 Å². The number of aryl methyl sites for hydroxylation is 1. The van der Waals surface area contributed by atoms with Gasteiger partial charge in [0.1, 0.15) is 4.88 Å². The van der Waals surface area contributed by atoms with Gasteiger partial charge in [-0.15, -0.1) is 11.3 Å². The molecule has 0 amide bonds. The number of hydrogen-bond acceptors (Lipinski definition) is 4. The highest BCUT2D eigenvalue weighted by molar-refractivity contribution is 7.14. The van der Waals surface area contributed by atoms with Crippen molar-refractivity contribution in [2.24, 2.45) is 0 Å². The highest BCUT2D eigenvalue weighted by Gasteiger charge is 2.15. The van der Waals surface area contributed by atoms with E-state index in [1.165, 1.54) is 11.3 Å². The first-order chi connectivity index (χ1) is 8.16. The maximum absolute atomic E-state index is 10.8. The third kappa shape index (κ3) is 3.28. The van der Waals surface area contributed by atoms with Gasteiger partial charge in [-0.05, 0) is 31.4 Å². The molecule has 0 radical (unpaired) electrons. The normalized spacial score (nSPS) is 19.7. The number of thiophene rings is 1. The molecule has 4 nitrogen and oxygen atoms in total. The Kier molecular flexibility index (Phi) is 4.15. The third-order valence-electron chi connectivity index (χ3n) is 2.91. The Balaban J connectivity index is 1.83. The van der Waals surface area contributed by atoms with Crippen molar-refractivity contribution in [3.8, 4) is 0 Å². The Morgan fingerprint density at radius 3 is 3.12 bits per heavy atom. The third-order valence-corrected chi connectivity index (χ3v) is 4.14. The minimum Gasteiger partial charge on any atom is -0.477 e. The molecule has 2 rings (SSSR count). The molecule has 2 heterocycles. The van der Waals surface area contributed by atoms with Crippen LogP contribution in [0.15, 0.2) is 6.07 Å². The van der Waals surface area contributed by atoms with E-state index in [4.69, 9.17) is 9.84 Å². The van der Waals surface area contributed by atoms with Gasteiger partial charge in [0, 0.05) is 24.6 Å². The minimum atomic E-state index is -0.844. The van der Waals surface area contributed by atoms with E-state index >= 15 is 0 Å². The molecule has 5 heteroatoms.